The van der Waals surface area contributed by atoms with Gasteiger partial charge in [0.15, 0.2) is 5.60 Å². The van der Waals surface area contributed by atoms with Gasteiger partial charge in [0.1, 0.15) is 0 Å². The molecule has 0 bridgehead atoms. The lowest BCUT2D eigenvalue weighted by Gasteiger charge is -2.26. The largest absolute Gasteiger partial charge is 0.419 e. The van der Waals surface area contributed by atoms with Crippen molar-refractivity contribution in [3.63, 3.8) is 0 Å². The number of aliphatic hydroxyl groups is 1. The Morgan fingerprint density at radius 1 is 1.40 bits per heavy atom. The summed E-state index contributed by atoms with van der Waals surface area (Å²) in [6.07, 6.45) is -2.05. The highest BCUT2D eigenvalue weighted by atomic mass is 35.5. The van der Waals surface area contributed by atoms with Crippen LogP contribution < -0.4 is 5.32 Å². The van der Waals surface area contributed by atoms with Crippen molar-refractivity contribution >= 4 is 23.3 Å². The number of halogens is 4. The Balaban J connectivity index is 1.69. The maximum absolute atomic E-state index is 12.8. The van der Waals surface area contributed by atoms with Crippen LogP contribution in [0.25, 0.3) is 5.69 Å². The van der Waals surface area contributed by atoms with E-state index >= 15 is 0 Å². The standard InChI is InChI=1S/C15H14ClF3N4O2/c16-11-8-10(2-3-12(11)23-6-1-5-20-23)21-13(24)22-7-4-14(25,9-22)15(17,18)19/h1-3,5-6,8,25H,4,7,9H2,(H,21,24). The predicted molar refractivity (Wildman–Crippen MR) is 84.8 cm³/mol. The van der Waals surface area contributed by atoms with Gasteiger partial charge in [0.2, 0.25) is 0 Å². The number of rotatable bonds is 2. The SMILES string of the molecule is O=C(Nc1ccc(-n2cccn2)c(Cl)c1)N1CCC(O)(C(F)(F)F)C1. The van der Waals surface area contributed by atoms with Crippen LogP contribution >= 0.6 is 11.6 Å². The normalized spacial score (nSPS) is 20.8. The van der Waals surface area contributed by atoms with Crippen LogP contribution in [0.2, 0.25) is 5.02 Å². The summed E-state index contributed by atoms with van der Waals surface area (Å²) in [6.45, 7) is -0.998. The number of carbonyl (C=O) groups is 1. The van der Waals surface area contributed by atoms with Gasteiger partial charge in [0.05, 0.1) is 17.3 Å². The molecule has 1 atom stereocenters. The molecule has 1 fully saturated rings. The quantitative estimate of drug-likeness (QED) is 0.848. The van der Waals surface area contributed by atoms with Crippen molar-refractivity contribution in [1.82, 2.24) is 14.7 Å². The van der Waals surface area contributed by atoms with Gasteiger partial charge < -0.3 is 15.3 Å². The number of anilines is 1. The summed E-state index contributed by atoms with van der Waals surface area (Å²) < 4.78 is 40.0. The molecule has 2 heterocycles. The number of carbonyl (C=O) groups excluding carboxylic acids is 1. The molecule has 1 aliphatic heterocycles. The maximum Gasteiger partial charge on any atom is 0.419 e. The van der Waals surface area contributed by atoms with Gasteiger partial charge in [0, 0.05) is 31.0 Å². The van der Waals surface area contributed by atoms with E-state index in [9.17, 15) is 23.1 Å². The molecule has 0 spiro atoms. The molecule has 25 heavy (non-hydrogen) atoms. The summed E-state index contributed by atoms with van der Waals surface area (Å²) in [6, 6.07) is 5.65. The molecule has 1 saturated heterocycles. The number of nitrogens with zero attached hydrogens (tertiary/aromatic N) is 3. The number of β-amino-alcohol motifs (C(OH)–C–C–N with tert-alkyl or cyclic N) is 1. The third-order valence-electron chi connectivity index (χ3n) is 4.01. The molecule has 1 aromatic carbocycles. The number of aromatic nitrogens is 2. The van der Waals surface area contributed by atoms with Crippen LogP contribution in [0.5, 0.6) is 0 Å². The van der Waals surface area contributed by atoms with Crippen molar-refractivity contribution in [2.45, 2.75) is 18.2 Å². The molecule has 0 radical (unpaired) electrons. The molecule has 1 unspecified atom stereocenters. The van der Waals surface area contributed by atoms with E-state index in [4.69, 9.17) is 11.6 Å². The van der Waals surface area contributed by atoms with Crippen LogP contribution in [0, 0.1) is 0 Å². The van der Waals surface area contributed by atoms with Gasteiger partial charge in [-0.2, -0.15) is 18.3 Å². The molecule has 134 valence electrons. The highest BCUT2D eigenvalue weighted by Crippen LogP contribution is 2.37. The van der Waals surface area contributed by atoms with Gasteiger partial charge in [-0.05, 0) is 24.3 Å². The molecule has 3 rings (SSSR count). The fourth-order valence-corrected chi connectivity index (χ4v) is 2.85. The molecule has 2 N–H and O–H groups in total. The van der Waals surface area contributed by atoms with E-state index in [2.05, 4.69) is 10.4 Å². The van der Waals surface area contributed by atoms with Crippen LogP contribution in [-0.2, 0) is 0 Å². The van der Waals surface area contributed by atoms with Gasteiger partial charge in [0.25, 0.3) is 0 Å². The van der Waals surface area contributed by atoms with Gasteiger partial charge in [-0.15, -0.1) is 0 Å². The average Bonchev–Trinajstić information content (AvgIpc) is 3.17. The van der Waals surface area contributed by atoms with Crippen molar-refractivity contribution in [3.05, 3.63) is 41.7 Å². The van der Waals surface area contributed by atoms with Crippen molar-refractivity contribution < 1.29 is 23.1 Å². The second-order valence-electron chi connectivity index (χ2n) is 5.75. The summed E-state index contributed by atoms with van der Waals surface area (Å²) in [7, 11) is 0. The number of hydrogen-bond donors (Lipinski definition) is 2. The zero-order valence-corrected chi connectivity index (χ0v) is 13.6. The first-order valence-electron chi connectivity index (χ1n) is 7.34. The molecule has 10 heteroatoms. The molecule has 6 nitrogen and oxygen atoms in total. The zero-order chi connectivity index (χ0) is 18.2. The maximum atomic E-state index is 12.8. The lowest BCUT2D eigenvalue weighted by molar-refractivity contribution is -0.253. The van der Waals surface area contributed by atoms with Gasteiger partial charge >= 0.3 is 12.2 Å². The second-order valence-corrected chi connectivity index (χ2v) is 6.16. The predicted octanol–water partition coefficient (Wildman–Crippen LogP) is 3.06. The van der Waals surface area contributed by atoms with E-state index in [1.807, 2.05) is 0 Å². The van der Waals surface area contributed by atoms with E-state index < -0.39 is 30.8 Å². The fourth-order valence-electron chi connectivity index (χ4n) is 2.58. The summed E-state index contributed by atoms with van der Waals surface area (Å²) in [5, 5.41) is 16.5. The minimum absolute atomic E-state index is 0.194. The number of hydrogen-bond acceptors (Lipinski definition) is 3. The molecule has 0 aliphatic carbocycles. The van der Waals surface area contributed by atoms with E-state index in [1.165, 1.54) is 10.7 Å². The van der Waals surface area contributed by atoms with Crippen molar-refractivity contribution in [3.8, 4) is 5.69 Å². The molecule has 2 aromatic rings. The number of urea groups is 1. The monoisotopic (exact) mass is 374 g/mol. The van der Waals surface area contributed by atoms with Gasteiger partial charge in [-0.25, -0.2) is 9.48 Å². The number of benzene rings is 1. The van der Waals surface area contributed by atoms with E-state index in [0.29, 0.717) is 16.4 Å². The zero-order valence-electron chi connectivity index (χ0n) is 12.8. The lowest BCUT2D eigenvalue weighted by atomic mass is 10.0. The van der Waals surface area contributed by atoms with E-state index in [1.54, 1.807) is 30.6 Å². The Hall–Kier alpha value is -2.26. The van der Waals surface area contributed by atoms with Crippen molar-refractivity contribution in [2.24, 2.45) is 0 Å². The van der Waals surface area contributed by atoms with E-state index in [-0.39, 0.29) is 6.54 Å². The summed E-state index contributed by atoms with van der Waals surface area (Å²) in [4.78, 5) is 13.0. The van der Waals surface area contributed by atoms with Crippen LogP contribution in [0.4, 0.5) is 23.7 Å². The highest BCUT2D eigenvalue weighted by molar-refractivity contribution is 6.32. The Kier molecular flexibility index (Phi) is 4.38. The van der Waals surface area contributed by atoms with Crippen LogP contribution in [0.15, 0.2) is 36.7 Å². The number of likely N-dealkylation sites (tertiary alicyclic amines) is 1. The van der Waals surface area contributed by atoms with Crippen LogP contribution in [0.3, 0.4) is 0 Å². The Morgan fingerprint density at radius 3 is 2.72 bits per heavy atom. The van der Waals surface area contributed by atoms with Crippen molar-refractivity contribution in [2.75, 3.05) is 18.4 Å². The lowest BCUT2D eigenvalue weighted by Crippen LogP contribution is -2.48. The first kappa shape index (κ1) is 17.6. The number of amides is 2. The molecule has 1 aromatic heterocycles. The molecule has 2 amide bonds. The summed E-state index contributed by atoms with van der Waals surface area (Å²) in [5.74, 6) is 0. The second kappa shape index (κ2) is 6.23. The molecular formula is C15H14ClF3N4O2. The van der Waals surface area contributed by atoms with Gasteiger partial charge in [-0.1, -0.05) is 11.6 Å². The first-order valence-corrected chi connectivity index (χ1v) is 7.72. The molecule has 1 aliphatic rings. The Labute approximate surface area is 145 Å². The topological polar surface area (TPSA) is 70.4 Å². The van der Waals surface area contributed by atoms with Crippen LogP contribution in [0.1, 0.15) is 6.42 Å². The van der Waals surface area contributed by atoms with Crippen molar-refractivity contribution in [1.29, 1.82) is 0 Å². The minimum Gasteiger partial charge on any atom is -0.379 e. The minimum atomic E-state index is -4.78. The number of alkyl halides is 3. The van der Waals surface area contributed by atoms with Crippen LogP contribution in [-0.4, -0.2) is 50.7 Å². The number of nitrogens with one attached hydrogen (secondary N) is 1. The molecular weight excluding hydrogens is 361 g/mol. The molecule has 0 saturated carbocycles. The van der Waals surface area contributed by atoms with Gasteiger partial charge in [-0.3, -0.25) is 0 Å². The fraction of sp³-hybridized carbons (Fsp3) is 0.333. The Morgan fingerprint density at radius 2 is 2.16 bits per heavy atom. The summed E-state index contributed by atoms with van der Waals surface area (Å²) >= 11 is 6.15. The average molecular weight is 375 g/mol. The first-order chi connectivity index (χ1) is 11.7. The highest BCUT2D eigenvalue weighted by Gasteiger charge is 2.57. The van der Waals surface area contributed by atoms with E-state index in [0.717, 1.165) is 4.90 Å². The smallest absolute Gasteiger partial charge is 0.379 e. The third-order valence-corrected chi connectivity index (χ3v) is 4.32. The summed E-state index contributed by atoms with van der Waals surface area (Å²) in [5.41, 5.74) is -1.95. The Bertz CT molecular complexity index is 782. The third kappa shape index (κ3) is 3.42.